The van der Waals surface area contributed by atoms with Gasteiger partial charge < -0.3 is 15.2 Å². The van der Waals surface area contributed by atoms with Crippen LogP contribution in [0.3, 0.4) is 0 Å². The molecule has 0 saturated carbocycles. The van der Waals surface area contributed by atoms with Gasteiger partial charge in [0.25, 0.3) is 0 Å². The lowest BCUT2D eigenvalue weighted by Gasteiger charge is -2.29. The van der Waals surface area contributed by atoms with E-state index in [0.717, 1.165) is 37.8 Å². The van der Waals surface area contributed by atoms with Gasteiger partial charge in [-0.1, -0.05) is 20.8 Å². The fraction of sp³-hybridized carbons (Fsp3) is 0.833. The summed E-state index contributed by atoms with van der Waals surface area (Å²) in [5.41, 5.74) is 0. The standard InChI is InChI=1S/C18H35N7.HI/c1-5-17-23-22-14-25(17)11-8-20-18(19-4)21-13-16(12-15(2)3)24-9-6-7-10-24;/h14-16H,5-13H2,1-4H3,(H2,19,20,21);1H. The number of aryl methyl sites for hydroxylation is 1. The molecule has 1 aliphatic rings. The number of guanidine groups is 1. The second-order valence-electron chi connectivity index (χ2n) is 7.20. The molecule has 7 nitrogen and oxygen atoms in total. The van der Waals surface area contributed by atoms with Crippen LogP contribution in [0.15, 0.2) is 11.3 Å². The highest BCUT2D eigenvalue weighted by Crippen LogP contribution is 2.17. The van der Waals surface area contributed by atoms with Gasteiger partial charge >= 0.3 is 0 Å². The van der Waals surface area contributed by atoms with Gasteiger partial charge in [0, 0.05) is 39.1 Å². The summed E-state index contributed by atoms with van der Waals surface area (Å²) in [5.74, 6) is 2.61. The maximum absolute atomic E-state index is 4.36. The van der Waals surface area contributed by atoms with Crippen LogP contribution in [0.1, 0.15) is 45.9 Å². The van der Waals surface area contributed by atoms with Crippen LogP contribution in [-0.2, 0) is 13.0 Å². The number of aliphatic imine (C=N–C) groups is 1. The van der Waals surface area contributed by atoms with Gasteiger partial charge in [0.1, 0.15) is 12.2 Å². The van der Waals surface area contributed by atoms with Crippen LogP contribution in [0.4, 0.5) is 0 Å². The summed E-state index contributed by atoms with van der Waals surface area (Å²) >= 11 is 0. The Morgan fingerprint density at radius 3 is 2.62 bits per heavy atom. The molecular weight excluding hydrogens is 441 g/mol. The highest BCUT2D eigenvalue weighted by Gasteiger charge is 2.22. The van der Waals surface area contributed by atoms with E-state index in [1.165, 1.54) is 32.4 Å². The molecule has 1 aliphatic heterocycles. The van der Waals surface area contributed by atoms with Crippen LogP contribution in [-0.4, -0.2) is 64.9 Å². The molecule has 1 aromatic rings. The Morgan fingerprint density at radius 1 is 1.27 bits per heavy atom. The molecule has 1 saturated heterocycles. The monoisotopic (exact) mass is 477 g/mol. The van der Waals surface area contributed by atoms with Crippen LogP contribution < -0.4 is 10.6 Å². The van der Waals surface area contributed by atoms with E-state index in [9.17, 15) is 0 Å². The van der Waals surface area contributed by atoms with Crippen LogP contribution in [0, 0.1) is 5.92 Å². The molecule has 2 N–H and O–H groups in total. The Morgan fingerprint density at radius 2 is 2.00 bits per heavy atom. The summed E-state index contributed by atoms with van der Waals surface area (Å²) in [6, 6.07) is 0.589. The van der Waals surface area contributed by atoms with Crippen molar-refractivity contribution in [2.24, 2.45) is 10.9 Å². The maximum Gasteiger partial charge on any atom is 0.191 e. The number of nitrogens with zero attached hydrogens (tertiary/aromatic N) is 5. The average Bonchev–Trinajstić information content (AvgIpc) is 3.27. The summed E-state index contributed by atoms with van der Waals surface area (Å²) in [4.78, 5) is 6.99. The predicted molar refractivity (Wildman–Crippen MR) is 118 cm³/mol. The SMILES string of the molecule is CCc1nncn1CCNC(=NC)NCC(CC(C)C)N1CCCC1.I. The second kappa shape index (κ2) is 12.5. The fourth-order valence-corrected chi connectivity index (χ4v) is 3.48. The summed E-state index contributed by atoms with van der Waals surface area (Å²) < 4.78 is 2.09. The lowest BCUT2D eigenvalue weighted by molar-refractivity contribution is 0.213. The van der Waals surface area contributed by atoms with Gasteiger partial charge in [-0.3, -0.25) is 9.89 Å². The minimum absolute atomic E-state index is 0. The van der Waals surface area contributed by atoms with E-state index in [-0.39, 0.29) is 24.0 Å². The lowest BCUT2D eigenvalue weighted by Crippen LogP contribution is -2.47. The Labute approximate surface area is 175 Å². The van der Waals surface area contributed by atoms with E-state index < -0.39 is 0 Å². The Kier molecular flexibility index (Phi) is 11.1. The highest BCUT2D eigenvalue weighted by atomic mass is 127. The molecule has 0 aromatic carbocycles. The zero-order chi connectivity index (χ0) is 18.1. The van der Waals surface area contributed by atoms with Crippen LogP contribution in [0.5, 0.6) is 0 Å². The molecule has 150 valence electrons. The van der Waals surface area contributed by atoms with Crippen molar-refractivity contribution in [3.63, 3.8) is 0 Å². The number of likely N-dealkylation sites (tertiary alicyclic amines) is 1. The number of hydrogen-bond donors (Lipinski definition) is 2. The van der Waals surface area contributed by atoms with Crippen LogP contribution in [0.2, 0.25) is 0 Å². The first-order valence-corrected chi connectivity index (χ1v) is 9.69. The molecule has 1 unspecified atom stereocenters. The molecule has 0 amide bonds. The molecule has 1 fully saturated rings. The first-order chi connectivity index (χ1) is 12.1. The van der Waals surface area contributed by atoms with Crippen molar-refractivity contribution in [1.82, 2.24) is 30.3 Å². The van der Waals surface area contributed by atoms with Crippen molar-refractivity contribution >= 4 is 29.9 Å². The van der Waals surface area contributed by atoms with Gasteiger partial charge in [0.15, 0.2) is 5.96 Å². The molecule has 26 heavy (non-hydrogen) atoms. The van der Waals surface area contributed by atoms with Gasteiger partial charge in [-0.2, -0.15) is 0 Å². The third-order valence-electron chi connectivity index (χ3n) is 4.79. The van der Waals surface area contributed by atoms with Gasteiger partial charge in [0.05, 0.1) is 0 Å². The largest absolute Gasteiger partial charge is 0.355 e. The minimum Gasteiger partial charge on any atom is -0.355 e. The lowest BCUT2D eigenvalue weighted by atomic mass is 10.0. The normalized spacial score (nSPS) is 16.6. The predicted octanol–water partition coefficient (Wildman–Crippen LogP) is 2.13. The van der Waals surface area contributed by atoms with E-state index in [4.69, 9.17) is 0 Å². The van der Waals surface area contributed by atoms with E-state index in [0.29, 0.717) is 12.0 Å². The van der Waals surface area contributed by atoms with Crippen LogP contribution >= 0.6 is 24.0 Å². The van der Waals surface area contributed by atoms with Gasteiger partial charge in [-0.15, -0.1) is 34.2 Å². The molecule has 0 aliphatic carbocycles. The van der Waals surface area contributed by atoms with E-state index in [2.05, 4.69) is 56.1 Å². The van der Waals surface area contributed by atoms with E-state index in [1.807, 2.05) is 7.05 Å². The molecule has 0 bridgehead atoms. The van der Waals surface area contributed by atoms with Crippen molar-refractivity contribution in [3.05, 3.63) is 12.2 Å². The Balaban J connectivity index is 0.00000338. The molecular formula is C18H36IN7. The Hall–Kier alpha value is -0.900. The first kappa shape index (κ1) is 23.1. The summed E-state index contributed by atoms with van der Waals surface area (Å²) in [6.45, 7) is 11.8. The van der Waals surface area contributed by atoms with Crippen LogP contribution in [0.25, 0.3) is 0 Å². The number of aromatic nitrogens is 3. The number of rotatable bonds is 9. The Bertz CT molecular complexity index is 523. The molecule has 1 atom stereocenters. The topological polar surface area (TPSA) is 70.4 Å². The first-order valence-electron chi connectivity index (χ1n) is 9.69. The molecule has 2 heterocycles. The van der Waals surface area contributed by atoms with Crippen molar-refractivity contribution in [2.75, 3.05) is 33.2 Å². The molecule has 2 rings (SSSR count). The quantitative estimate of drug-likeness (QED) is 0.324. The van der Waals surface area contributed by atoms with Gasteiger partial charge in [-0.25, -0.2) is 0 Å². The van der Waals surface area contributed by atoms with Crippen molar-refractivity contribution in [3.8, 4) is 0 Å². The molecule has 8 heteroatoms. The second-order valence-corrected chi connectivity index (χ2v) is 7.20. The third-order valence-corrected chi connectivity index (χ3v) is 4.79. The fourth-order valence-electron chi connectivity index (χ4n) is 3.48. The average molecular weight is 477 g/mol. The zero-order valence-corrected chi connectivity index (χ0v) is 19.1. The van der Waals surface area contributed by atoms with Gasteiger partial charge in [-0.05, 0) is 38.3 Å². The minimum atomic E-state index is 0. The summed E-state index contributed by atoms with van der Waals surface area (Å²) in [6.07, 6.45) is 6.59. The number of halogens is 1. The van der Waals surface area contributed by atoms with E-state index in [1.54, 1.807) is 6.33 Å². The van der Waals surface area contributed by atoms with Crippen molar-refractivity contribution < 1.29 is 0 Å². The zero-order valence-electron chi connectivity index (χ0n) is 16.7. The molecule has 0 spiro atoms. The smallest absolute Gasteiger partial charge is 0.191 e. The summed E-state index contributed by atoms with van der Waals surface area (Å²) in [5, 5.41) is 15.0. The van der Waals surface area contributed by atoms with Gasteiger partial charge in [0.2, 0.25) is 0 Å². The molecule has 1 aromatic heterocycles. The van der Waals surface area contributed by atoms with Crippen molar-refractivity contribution in [1.29, 1.82) is 0 Å². The van der Waals surface area contributed by atoms with Crippen molar-refractivity contribution in [2.45, 2.75) is 59.0 Å². The highest BCUT2D eigenvalue weighted by molar-refractivity contribution is 14.0. The number of nitrogens with one attached hydrogen (secondary N) is 2. The summed E-state index contributed by atoms with van der Waals surface area (Å²) in [7, 11) is 1.83. The third kappa shape index (κ3) is 7.38. The number of hydrogen-bond acceptors (Lipinski definition) is 4. The van der Waals surface area contributed by atoms with E-state index >= 15 is 0 Å². The maximum atomic E-state index is 4.36. The molecule has 0 radical (unpaired) electrons.